The average Bonchev–Trinajstić information content (AvgIpc) is 2.10. The Morgan fingerprint density at radius 3 is 2.86 bits per heavy atom. The molecule has 4 heteroatoms. The molecule has 0 saturated carbocycles. The van der Waals surface area contributed by atoms with E-state index in [1.807, 2.05) is 0 Å². The third kappa shape index (κ3) is 2.90. The number of hydrogen-bond donors (Lipinski definition) is 2. The smallest absolute Gasteiger partial charge is 0.221 e. The molecule has 0 atom stereocenters. The first-order valence-electron chi connectivity index (χ1n) is 4.03. The zero-order valence-corrected chi connectivity index (χ0v) is 7.40. The number of amides is 1. The van der Waals surface area contributed by atoms with Gasteiger partial charge in [-0.1, -0.05) is 18.2 Å². The summed E-state index contributed by atoms with van der Waals surface area (Å²) in [6.45, 7) is 0. The molecule has 0 radical (unpaired) electrons. The quantitative estimate of drug-likeness (QED) is 0.766. The van der Waals surface area contributed by atoms with Crippen LogP contribution in [0.15, 0.2) is 24.3 Å². The van der Waals surface area contributed by atoms with E-state index < -0.39 is 17.5 Å². The van der Waals surface area contributed by atoms with Crippen LogP contribution in [0.5, 0.6) is 5.75 Å². The molecular weight excluding hydrogens is 185 g/mol. The van der Waals surface area contributed by atoms with Crippen LogP contribution < -0.4 is 5.73 Å². The first-order chi connectivity index (χ1) is 6.59. The van der Waals surface area contributed by atoms with Crippen molar-refractivity contribution < 1.29 is 14.3 Å². The molecule has 0 saturated heterocycles. The molecule has 0 unspecified atom stereocenters. The van der Waals surface area contributed by atoms with Gasteiger partial charge in [0.1, 0.15) is 0 Å². The van der Waals surface area contributed by atoms with E-state index in [-0.39, 0.29) is 6.42 Å². The highest BCUT2D eigenvalue weighted by atomic mass is 19.1. The fourth-order valence-corrected chi connectivity index (χ4v) is 0.945. The molecule has 0 aliphatic heterocycles. The van der Waals surface area contributed by atoms with E-state index >= 15 is 0 Å². The number of primary amides is 1. The maximum Gasteiger partial charge on any atom is 0.221 e. The summed E-state index contributed by atoms with van der Waals surface area (Å²) in [5.74, 6) is -1.52. The van der Waals surface area contributed by atoms with Gasteiger partial charge in [-0.05, 0) is 17.7 Å². The molecular formula is C10H10FNO2. The van der Waals surface area contributed by atoms with Gasteiger partial charge < -0.3 is 10.8 Å². The fraction of sp³-hybridized carbons (Fsp3) is 0.100. The lowest BCUT2D eigenvalue weighted by molar-refractivity contribution is -0.117. The normalized spacial score (nSPS) is 10.6. The second-order valence-electron chi connectivity index (χ2n) is 2.78. The predicted molar refractivity (Wildman–Crippen MR) is 50.9 cm³/mol. The van der Waals surface area contributed by atoms with Gasteiger partial charge >= 0.3 is 0 Å². The second-order valence-corrected chi connectivity index (χ2v) is 2.78. The highest BCUT2D eigenvalue weighted by Crippen LogP contribution is 2.17. The number of aromatic hydroxyl groups is 1. The summed E-state index contributed by atoms with van der Waals surface area (Å²) < 4.78 is 12.6. The van der Waals surface area contributed by atoms with Crippen molar-refractivity contribution >= 4 is 12.0 Å². The topological polar surface area (TPSA) is 63.3 Å². The Morgan fingerprint density at radius 2 is 2.29 bits per heavy atom. The van der Waals surface area contributed by atoms with E-state index in [2.05, 4.69) is 0 Å². The van der Waals surface area contributed by atoms with E-state index in [4.69, 9.17) is 10.8 Å². The number of carbonyl (C=O) groups is 1. The van der Waals surface area contributed by atoms with E-state index in [1.165, 1.54) is 12.1 Å². The third-order valence-corrected chi connectivity index (χ3v) is 1.60. The summed E-state index contributed by atoms with van der Waals surface area (Å²) in [5.41, 5.74) is 5.53. The van der Waals surface area contributed by atoms with Gasteiger partial charge in [-0.2, -0.15) is 0 Å². The van der Waals surface area contributed by atoms with Crippen LogP contribution in [0.4, 0.5) is 4.39 Å². The maximum atomic E-state index is 12.6. The van der Waals surface area contributed by atoms with Gasteiger partial charge in [-0.15, -0.1) is 0 Å². The van der Waals surface area contributed by atoms with Crippen molar-refractivity contribution in [2.45, 2.75) is 6.42 Å². The minimum Gasteiger partial charge on any atom is -0.505 e. The van der Waals surface area contributed by atoms with E-state index in [1.54, 1.807) is 12.2 Å². The minimum atomic E-state index is -0.669. The van der Waals surface area contributed by atoms with Crippen molar-refractivity contribution in [3.63, 3.8) is 0 Å². The van der Waals surface area contributed by atoms with Crippen LogP contribution in [0.25, 0.3) is 6.08 Å². The number of carbonyl (C=O) groups excluding carboxylic acids is 1. The van der Waals surface area contributed by atoms with E-state index in [9.17, 15) is 9.18 Å². The van der Waals surface area contributed by atoms with E-state index in [0.717, 1.165) is 6.07 Å². The fourth-order valence-electron chi connectivity index (χ4n) is 0.945. The molecule has 0 aliphatic carbocycles. The Hall–Kier alpha value is -1.84. The summed E-state index contributed by atoms with van der Waals surface area (Å²) in [7, 11) is 0. The number of rotatable bonds is 3. The number of halogens is 1. The number of phenols is 1. The van der Waals surface area contributed by atoms with Crippen LogP contribution in [0.1, 0.15) is 12.0 Å². The van der Waals surface area contributed by atoms with Crippen molar-refractivity contribution in [3.05, 3.63) is 35.7 Å². The van der Waals surface area contributed by atoms with Gasteiger partial charge in [0, 0.05) is 6.42 Å². The molecule has 1 rings (SSSR count). The van der Waals surface area contributed by atoms with Gasteiger partial charge in [0.25, 0.3) is 0 Å². The molecule has 1 aromatic carbocycles. The van der Waals surface area contributed by atoms with Crippen LogP contribution in [-0.2, 0) is 4.79 Å². The highest BCUT2D eigenvalue weighted by Gasteiger charge is 1.98. The summed E-state index contributed by atoms with van der Waals surface area (Å²) >= 11 is 0. The number of nitrogens with two attached hydrogens (primary N) is 1. The Labute approximate surface area is 80.7 Å². The predicted octanol–water partition coefficient (Wildman–Crippen LogP) is 1.42. The molecule has 0 aromatic heterocycles. The standard InChI is InChI=1S/C10H10FNO2/c11-8-5-4-7(6-9(8)13)2-1-3-10(12)14/h1-2,4-6,13H,3H2,(H2,12,14). The average molecular weight is 195 g/mol. The van der Waals surface area contributed by atoms with Gasteiger partial charge in [0.2, 0.25) is 5.91 Å². The highest BCUT2D eigenvalue weighted by molar-refractivity contribution is 5.76. The lowest BCUT2D eigenvalue weighted by Crippen LogP contribution is -2.07. The number of phenolic OH excluding ortho intramolecular Hbond substituents is 1. The molecule has 3 N–H and O–H groups in total. The molecule has 0 fully saturated rings. The first-order valence-corrected chi connectivity index (χ1v) is 4.03. The molecule has 3 nitrogen and oxygen atoms in total. The molecule has 0 bridgehead atoms. The molecule has 14 heavy (non-hydrogen) atoms. The molecule has 74 valence electrons. The van der Waals surface area contributed by atoms with Crippen LogP contribution in [0.3, 0.4) is 0 Å². The Balaban J connectivity index is 2.73. The maximum absolute atomic E-state index is 12.6. The number of hydrogen-bond acceptors (Lipinski definition) is 2. The second kappa shape index (κ2) is 4.41. The van der Waals surface area contributed by atoms with Gasteiger partial charge in [0.05, 0.1) is 0 Å². The Morgan fingerprint density at radius 1 is 1.57 bits per heavy atom. The van der Waals surface area contributed by atoms with Crippen LogP contribution >= 0.6 is 0 Å². The molecule has 0 heterocycles. The van der Waals surface area contributed by atoms with Crippen LogP contribution in [-0.4, -0.2) is 11.0 Å². The summed E-state index contributed by atoms with van der Waals surface area (Å²) in [4.78, 5) is 10.4. The zero-order valence-electron chi connectivity index (χ0n) is 7.40. The minimum absolute atomic E-state index is 0.123. The van der Waals surface area contributed by atoms with Crippen molar-refractivity contribution in [2.75, 3.05) is 0 Å². The molecule has 0 spiro atoms. The number of benzene rings is 1. The van der Waals surface area contributed by atoms with Gasteiger partial charge in [0.15, 0.2) is 11.6 Å². The Kier molecular flexibility index (Phi) is 3.23. The van der Waals surface area contributed by atoms with Gasteiger partial charge in [-0.3, -0.25) is 4.79 Å². The SMILES string of the molecule is NC(=O)CC=Cc1ccc(F)c(O)c1. The summed E-state index contributed by atoms with van der Waals surface area (Å²) in [6, 6.07) is 3.92. The zero-order chi connectivity index (χ0) is 10.6. The van der Waals surface area contributed by atoms with Crippen molar-refractivity contribution in [2.24, 2.45) is 5.73 Å². The third-order valence-electron chi connectivity index (χ3n) is 1.60. The van der Waals surface area contributed by atoms with Crippen LogP contribution in [0.2, 0.25) is 0 Å². The van der Waals surface area contributed by atoms with Crippen molar-refractivity contribution in [3.8, 4) is 5.75 Å². The largest absolute Gasteiger partial charge is 0.505 e. The summed E-state index contributed by atoms with van der Waals surface area (Å²) in [5, 5.41) is 9.01. The first kappa shape index (κ1) is 10.2. The van der Waals surface area contributed by atoms with E-state index in [0.29, 0.717) is 5.56 Å². The van der Waals surface area contributed by atoms with Crippen molar-refractivity contribution in [1.82, 2.24) is 0 Å². The van der Waals surface area contributed by atoms with Crippen molar-refractivity contribution in [1.29, 1.82) is 0 Å². The molecule has 0 aliphatic rings. The summed E-state index contributed by atoms with van der Waals surface area (Å²) in [6.07, 6.45) is 3.26. The van der Waals surface area contributed by atoms with Crippen LogP contribution in [0, 0.1) is 5.82 Å². The monoisotopic (exact) mass is 195 g/mol. The molecule has 1 aromatic rings. The van der Waals surface area contributed by atoms with Gasteiger partial charge in [-0.25, -0.2) is 4.39 Å². The molecule has 1 amide bonds. The lowest BCUT2D eigenvalue weighted by atomic mass is 10.2. The lowest BCUT2D eigenvalue weighted by Gasteiger charge is -1.96. The Bertz CT molecular complexity index is 374.